The Labute approximate surface area is 109 Å². The van der Waals surface area contributed by atoms with Crippen LogP contribution in [-0.2, 0) is 5.75 Å². The molecule has 17 heavy (non-hydrogen) atoms. The van der Waals surface area contributed by atoms with Crippen LogP contribution in [-0.4, -0.2) is 29.5 Å². The monoisotopic (exact) mass is 253 g/mol. The molecule has 0 saturated carbocycles. The third-order valence-corrected chi connectivity index (χ3v) is 4.06. The Kier molecular flexibility index (Phi) is 6.63. The summed E-state index contributed by atoms with van der Waals surface area (Å²) in [6.07, 6.45) is 1.10. The van der Waals surface area contributed by atoms with E-state index in [1.165, 1.54) is 5.56 Å². The maximum absolute atomic E-state index is 9.43. The van der Waals surface area contributed by atoms with Crippen molar-refractivity contribution >= 4 is 11.8 Å². The molecule has 0 aromatic heterocycles. The van der Waals surface area contributed by atoms with E-state index in [1.807, 2.05) is 17.8 Å². The average molecular weight is 253 g/mol. The smallest absolute Gasteiger partial charge is 0.0618 e. The van der Waals surface area contributed by atoms with E-state index >= 15 is 0 Å². The van der Waals surface area contributed by atoms with Crippen molar-refractivity contribution in [1.82, 2.24) is 5.32 Å². The first-order valence-corrected chi connectivity index (χ1v) is 7.33. The maximum Gasteiger partial charge on any atom is 0.0618 e. The number of aliphatic hydroxyl groups is 1. The van der Waals surface area contributed by atoms with Gasteiger partial charge < -0.3 is 10.4 Å². The van der Waals surface area contributed by atoms with Crippen LogP contribution in [0.5, 0.6) is 0 Å². The number of nitrogens with one attached hydrogen (secondary N) is 1. The Morgan fingerprint density at radius 1 is 1.29 bits per heavy atom. The fourth-order valence-electron chi connectivity index (χ4n) is 1.55. The van der Waals surface area contributed by atoms with E-state index in [4.69, 9.17) is 0 Å². The van der Waals surface area contributed by atoms with Crippen LogP contribution in [0.4, 0.5) is 0 Å². The van der Waals surface area contributed by atoms with Crippen molar-refractivity contribution in [2.45, 2.75) is 31.6 Å². The Balaban J connectivity index is 2.32. The highest BCUT2D eigenvalue weighted by Gasteiger charge is 2.21. The summed E-state index contributed by atoms with van der Waals surface area (Å²) in [6.45, 7) is 5.38. The van der Waals surface area contributed by atoms with Gasteiger partial charge in [-0.05, 0) is 25.5 Å². The first kappa shape index (κ1) is 14.6. The van der Waals surface area contributed by atoms with Crippen LogP contribution in [0.25, 0.3) is 0 Å². The van der Waals surface area contributed by atoms with Crippen LogP contribution in [0.2, 0.25) is 0 Å². The molecule has 0 amide bonds. The van der Waals surface area contributed by atoms with Crippen molar-refractivity contribution < 1.29 is 5.11 Å². The van der Waals surface area contributed by atoms with Gasteiger partial charge in [-0.2, -0.15) is 11.8 Å². The summed E-state index contributed by atoms with van der Waals surface area (Å²) < 4.78 is 0. The molecule has 1 unspecified atom stereocenters. The van der Waals surface area contributed by atoms with Crippen molar-refractivity contribution in [2.75, 3.05) is 18.9 Å². The summed E-state index contributed by atoms with van der Waals surface area (Å²) in [5, 5.41) is 12.8. The first-order valence-electron chi connectivity index (χ1n) is 6.18. The lowest BCUT2D eigenvalue weighted by molar-refractivity contribution is 0.192. The van der Waals surface area contributed by atoms with E-state index in [0.29, 0.717) is 0 Å². The van der Waals surface area contributed by atoms with Gasteiger partial charge in [0.25, 0.3) is 0 Å². The molecule has 1 atom stereocenters. The number of thioether (sulfide) groups is 1. The highest BCUT2D eigenvalue weighted by Crippen LogP contribution is 2.17. The van der Waals surface area contributed by atoms with E-state index < -0.39 is 0 Å². The first-order chi connectivity index (χ1) is 8.20. The highest BCUT2D eigenvalue weighted by molar-refractivity contribution is 7.98. The third kappa shape index (κ3) is 5.57. The summed E-state index contributed by atoms with van der Waals surface area (Å²) in [4.78, 5) is 0. The van der Waals surface area contributed by atoms with E-state index in [2.05, 4.69) is 43.4 Å². The SMILES string of the molecule is CCCNC(C)(CO)CSCc1ccccc1. The summed E-state index contributed by atoms with van der Waals surface area (Å²) in [5.74, 6) is 1.93. The van der Waals surface area contributed by atoms with Crippen molar-refractivity contribution in [3.63, 3.8) is 0 Å². The summed E-state index contributed by atoms with van der Waals surface area (Å²) in [5.41, 5.74) is 1.18. The summed E-state index contributed by atoms with van der Waals surface area (Å²) in [7, 11) is 0. The third-order valence-electron chi connectivity index (χ3n) is 2.68. The number of hydrogen-bond donors (Lipinski definition) is 2. The van der Waals surface area contributed by atoms with Crippen molar-refractivity contribution in [3.8, 4) is 0 Å². The predicted molar refractivity (Wildman–Crippen MR) is 76.4 cm³/mol. The van der Waals surface area contributed by atoms with E-state index in [1.54, 1.807) is 0 Å². The molecule has 1 rings (SSSR count). The van der Waals surface area contributed by atoms with Crippen LogP contribution in [0, 0.1) is 0 Å². The largest absolute Gasteiger partial charge is 0.394 e. The quantitative estimate of drug-likeness (QED) is 0.747. The summed E-state index contributed by atoms with van der Waals surface area (Å²) in [6, 6.07) is 10.5. The molecule has 1 aromatic carbocycles. The molecule has 3 heteroatoms. The van der Waals surface area contributed by atoms with Gasteiger partial charge in [0, 0.05) is 17.0 Å². The van der Waals surface area contributed by atoms with Crippen LogP contribution in [0.3, 0.4) is 0 Å². The Bertz CT molecular complexity index is 304. The van der Waals surface area contributed by atoms with Crippen molar-refractivity contribution in [2.24, 2.45) is 0 Å². The van der Waals surface area contributed by atoms with Gasteiger partial charge in [0.15, 0.2) is 0 Å². The van der Waals surface area contributed by atoms with Gasteiger partial charge in [0.05, 0.1) is 6.61 Å². The van der Waals surface area contributed by atoms with Crippen molar-refractivity contribution in [1.29, 1.82) is 0 Å². The molecule has 0 aliphatic carbocycles. The zero-order chi connectivity index (χ0) is 12.6. The Hall–Kier alpha value is -0.510. The zero-order valence-corrected chi connectivity index (χ0v) is 11.6. The number of benzene rings is 1. The van der Waals surface area contributed by atoms with Gasteiger partial charge in [0.2, 0.25) is 0 Å². The topological polar surface area (TPSA) is 32.3 Å². The van der Waals surface area contributed by atoms with E-state index in [-0.39, 0.29) is 12.1 Å². The van der Waals surface area contributed by atoms with Crippen molar-refractivity contribution in [3.05, 3.63) is 35.9 Å². The molecule has 0 saturated heterocycles. The molecule has 0 spiro atoms. The van der Waals surface area contributed by atoms with E-state index in [0.717, 1.165) is 24.5 Å². The molecule has 0 aliphatic heterocycles. The highest BCUT2D eigenvalue weighted by atomic mass is 32.2. The molecular formula is C14H23NOS. The fraction of sp³-hybridized carbons (Fsp3) is 0.571. The molecule has 0 radical (unpaired) electrons. The zero-order valence-electron chi connectivity index (χ0n) is 10.8. The molecule has 0 fully saturated rings. The van der Waals surface area contributed by atoms with Crippen LogP contribution < -0.4 is 5.32 Å². The van der Waals surface area contributed by atoms with Crippen LogP contribution in [0.1, 0.15) is 25.8 Å². The number of aliphatic hydroxyl groups excluding tert-OH is 1. The molecule has 0 heterocycles. The van der Waals surface area contributed by atoms with Gasteiger partial charge in [-0.3, -0.25) is 0 Å². The molecule has 96 valence electrons. The molecule has 1 aromatic rings. The van der Waals surface area contributed by atoms with Gasteiger partial charge in [-0.15, -0.1) is 0 Å². The molecular weight excluding hydrogens is 230 g/mol. The second-order valence-corrected chi connectivity index (χ2v) is 5.61. The van der Waals surface area contributed by atoms with Crippen LogP contribution in [0.15, 0.2) is 30.3 Å². The lowest BCUT2D eigenvalue weighted by atomic mass is 10.1. The lowest BCUT2D eigenvalue weighted by Gasteiger charge is -2.28. The second-order valence-electron chi connectivity index (χ2n) is 4.62. The van der Waals surface area contributed by atoms with E-state index in [9.17, 15) is 5.11 Å². The molecule has 0 aliphatic rings. The minimum absolute atomic E-state index is 0.157. The Morgan fingerprint density at radius 3 is 2.59 bits per heavy atom. The molecule has 2 N–H and O–H groups in total. The predicted octanol–water partition coefficient (Wildman–Crippen LogP) is 2.67. The average Bonchev–Trinajstić information content (AvgIpc) is 2.38. The standard InChI is InChI=1S/C14H23NOS/c1-3-9-15-14(2,11-16)12-17-10-13-7-5-4-6-8-13/h4-8,15-16H,3,9-12H2,1-2H3. The normalized spacial score (nSPS) is 14.5. The number of hydrogen-bond acceptors (Lipinski definition) is 3. The van der Waals surface area contributed by atoms with Gasteiger partial charge >= 0.3 is 0 Å². The number of rotatable bonds is 8. The maximum atomic E-state index is 9.43. The van der Waals surface area contributed by atoms with Gasteiger partial charge in [-0.1, -0.05) is 37.3 Å². The fourth-order valence-corrected chi connectivity index (χ4v) is 2.72. The van der Waals surface area contributed by atoms with Gasteiger partial charge in [-0.25, -0.2) is 0 Å². The van der Waals surface area contributed by atoms with Gasteiger partial charge in [0.1, 0.15) is 0 Å². The second kappa shape index (κ2) is 7.75. The molecule has 2 nitrogen and oxygen atoms in total. The van der Waals surface area contributed by atoms with Crippen LogP contribution >= 0.6 is 11.8 Å². The molecule has 0 bridgehead atoms. The summed E-state index contributed by atoms with van der Waals surface area (Å²) >= 11 is 1.87. The minimum Gasteiger partial charge on any atom is -0.394 e. The lowest BCUT2D eigenvalue weighted by Crippen LogP contribution is -2.48. The Morgan fingerprint density at radius 2 is 2.00 bits per heavy atom. The minimum atomic E-state index is -0.157.